The number of fused-ring (bicyclic) bond motifs is 4. The minimum atomic E-state index is -1.24. The normalized spacial score (nSPS) is 12.9. The maximum Gasteiger partial charge on any atom is 0.136 e. The second-order valence-electron chi connectivity index (χ2n) is 22.6. The van der Waals surface area contributed by atoms with Crippen LogP contribution < -0.4 is 14.5 Å². The number of pyridine rings is 1. The van der Waals surface area contributed by atoms with Crippen molar-refractivity contribution in [2.45, 2.75) is 78.6 Å². The molecule has 1 aliphatic rings. The van der Waals surface area contributed by atoms with Gasteiger partial charge in [0.25, 0.3) is 0 Å². The van der Waals surface area contributed by atoms with Gasteiger partial charge in [-0.3, -0.25) is 0 Å². The third-order valence-electron chi connectivity index (χ3n) is 14.2. The van der Waals surface area contributed by atoms with E-state index in [1.54, 1.807) is 40.7 Å². The number of rotatable bonds is 8. The maximum atomic E-state index is 16.4. The molecule has 3 heterocycles. The van der Waals surface area contributed by atoms with E-state index in [1.807, 2.05) is 93.7 Å². The summed E-state index contributed by atoms with van der Waals surface area (Å²) in [6.07, 6.45) is 1.82. The minimum absolute atomic E-state index is 0. The van der Waals surface area contributed by atoms with Crippen LogP contribution in [0.2, 0.25) is 0 Å². The van der Waals surface area contributed by atoms with Crippen molar-refractivity contribution in [3.05, 3.63) is 222 Å². The molecule has 1 aliphatic heterocycles. The average molecular weight is 1230 g/mol. The maximum absolute atomic E-state index is 16.4. The first-order valence-electron chi connectivity index (χ1n) is 25.3. The van der Waals surface area contributed by atoms with Crippen LogP contribution in [0.5, 0.6) is 11.5 Å². The molecule has 8 aromatic carbocycles. The number of hydrogen-bond donors (Lipinski definition) is 0. The average Bonchev–Trinajstić information content (AvgIpc) is 4.00. The number of hydrogen-bond acceptors (Lipinski definition) is 4. The van der Waals surface area contributed by atoms with Crippen LogP contribution in [0, 0.1) is 53.7 Å². The van der Waals surface area contributed by atoms with Crippen LogP contribution >= 0.6 is 0 Å². The van der Waals surface area contributed by atoms with Gasteiger partial charge in [0.2, 0.25) is 0 Å². The predicted octanol–water partition coefficient (Wildman–Crippen LogP) is 18.7. The van der Waals surface area contributed by atoms with Crippen LogP contribution in [0.25, 0.3) is 61.0 Å². The van der Waals surface area contributed by atoms with Crippen LogP contribution in [-0.4, -0.2) is 9.55 Å². The second-order valence-corrected chi connectivity index (χ2v) is 22.6. The third-order valence-corrected chi connectivity index (χ3v) is 14.2. The van der Waals surface area contributed by atoms with Gasteiger partial charge in [0, 0.05) is 96.7 Å². The summed E-state index contributed by atoms with van der Waals surface area (Å²) in [4.78, 5) is 8.22. The van der Waals surface area contributed by atoms with Gasteiger partial charge >= 0.3 is 0 Å². The molecule has 398 valence electrons. The van der Waals surface area contributed by atoms with Crippen LogP contribution in [0.3, 0.4) is 0 Å². The molecule has 0 radical (unpaired) electrons. The van der Waals surface area contributed by atoms with Gasteiger partial charge in [0.1, 0.15) is 40.7 Å². The smallest absolute Gasteiger partial charge is 0.136 e. The molecule has 2 aromatic heterocycles. The zero-order chi connectivity index (χ0) is 54.5. The molecule has 0 saturated heterocycles. The van der Waals surface area contributed by atoms with Gasteiger partial charge in [-0.1, -0.05) is 122 Å². The van der Waals surface area contributed by atoms with Gasteiger partial charge in [0.05, 0.1) is 11.1 Å². The Labute approximate surface area is 465 Å². The van der Waals surface area contributed by atoms with Crippen molar-refractivity contribution >= 4 is 44.6 Å². The second kappa shape index (κ2) is 20.0. The van der Waals surface area contributed by atoms with Crippen LogP contribution in [0.15, 0.2) is 152 Å². The first-order chi connectivity index (χ1) is 36.5. The molecule has 0 atom stereocenters. The zero-order valence-corrected chi connectivity index (χ0v) is 46.6. The number of ether oxygens (including phenoxy) is 1. The molecule has 0 aliphatic carbocycles. The van der Waals surface area contributed by atoms with Crippen molar-refractivity contribution in [1.82, 2.24) is 9.55 Å². The summed E-state index contributed by atoms with van der Waals surface area (Å²) in [5.74, 6) is -5.83. The Kier molecular flexibility index (Phi) is 13.8. The third kappa shape index (κ3) is 9.87. The molecule has 78 heavy (non-hydrogen) atoms. The quantitative estimate of drug-likeness (QED) is 0.112. The Morgan fingerprint density at radius 1 is 0.487 bits per heavy atom. The van der Waals surface area contributed by atoms with Crippen molar-refractivity contribution in [1.29, 1.82) is 0 Å². The fourth-order valence-corrected chi connectivity index (χ4v) is 10.1. The van der Waals surface area contributed by atoms with E-state index >= 15 is 17.6 Å². The van der Waals surface area contributed by atoms with E-state index in [2.05, 4.69) is 88.6 Å². The van der Waals surface area contributed by atoms with E-state index in [9.17, 15) is 8.78 Å². The van der Waals surface area contributed by atoms with Gasteiger partial charge < -0.3 is 19.1 Å². The largest absolute Gasteiger partial charge is 0.509 e. The van der Waals surface area contributed by atoms with Gasteiger partial charge in [0.15, 0.2) is 0 Å². The van der Waals surface area contributed by atoms with Gasteiger partial charge in [-0.05, 0) is 86.3 Å². The number of para-hydroxylation sites is 3. The molecule has 0 spiro atoms. The summed E-state index contributed by atoms with van der Waals surface area (Å²) in [6, 6.07) is 47.7. The molecule has 0 bridgehead atoms. The van der Waals surface area contributed by atoms with Gasteiger partial charge in [-0.15, -0.1) is 53.6 Å². The number of halogens is 6. The Hall–Kier alpha value is -7.62. The topological polar surface area (TPSA) is 33.5 Å². The standard InChI is InChI=1S/C66H53F6N4O.Pt/c1-64(2,3)40-20-18-38(19-21-40)39-26-45(35-47(27-39)77-46-22-23-49-48-14-10-11-15-56(48)76(59(49)36-46)60-30-41(24-25-73-60)65(4,5)6)74-37-75(58-17-13-12-16-57(58)74)63-50(61-52(69)31-43(67)32-53(61)70)28-42(66(7,8)9)29-51(63)62-54(71)33-44(68)34-55(62)72;/h10-34,37H,1-9H3;/q-3;. The molecule has 11 rings (SSSR count). The van der Waals surface area contributed by atoms with E-state index < -0.39 is 51.4 Å². The summed E-state index contributed by atoms with van der Waals surface area (Å²) >= 11 is 0. The molecule has 12 heteroatoms. The molecule has 0 N–H and O–H groups in total. The fraction of sp³-hybridized carbons (Fsp3) is 0.182. The Bertz CT molecular complexity index is 3860. The predicted molar refractivity (Wildman–Crippen MR) is 296 cm³/mol. The molecule has 5 nitrogen and oxygen atoms in total. The number of benzene rings is 8. The zero-order valence-electron chi connectivity index (χ0n) is 44.3. The number of anilines is 4. The van der Waals surface area contributed by atoms with Crippen LogP contribution in [0.1, 0.15) is 79.0 Å². The van der Waals surface area contributed by atoms with Crippen molar-refractivity contribution in [3.8, 4) is 50.7 Å². The van der Waals surface area contributed by atoms with Crippen molar-refractivity contribution in [3.63, 3.8) is 0 Å². The number of nitrogens with zero attached hydrogens (tertiary/aromatic N) is 4. The summed E-state index contributed by atoms with van der Waals surface area (Å²) < 4.78 is 104. The number of aromatic nitrogens is 2. The Morgan fingerprint density at radius 3 is 1.62 bits per heavy atom. The molecular formula is C66H53F6N4OPt-3. The van der Waals surface area contributed by atoms with Crippen LogP contribution in [0.4, 0.5) is 49.1 Å². The van der Waals surface area contributed by atoms with E-state index in [0.29, 0.717) is 58.4 Å². The SMILES string of the molecule is CC(C)(C)c1ccc(-c2cc(Oc3[c-]c4c(cc3)c3ccccc3n4-c3cc(C(C)(C)C)ccn3)[c-]c(N3[CH-]N(c4c(-c5c(F)cc(F)cc5F)cc(C(C)(C)C)cc4-c4c(F)cc(F)cc4F)c4ccccc43)c2)cc1.[Pt]. The molecule has 0 fully saturated rings. The first kappa shape index (κ1) is 53.8. The van der Waals surface area contributed by atoms with Crippen molar-refractivity contribution < 1.29 is 52.1 Å². The Morgan fingerprint density at radius 2 is 1.04 bits per heavy atom. The van der Waals surface area contributed by atoms with E-state index in [1.165, 1.54) is 0 Å². The van der Waals surface area contributed by atoms with Gasteiger partial charge in [-0.2, -0.15) is 6.07 Å². The van der Waals surface area contributed by atoms with E-state index in [4.69, 9.17) is 9.72 Å². The molecule has 0 unspecified atom stereocenters. The van der Waals surface area contributed by atoms with Crippen LogP contribution in [-0.2, 0) is 37.3 Å². The summed E-state index contributed by atoms with van der Waals surface area (Å²) in [5.41, 5.74) is 4.83. The van der Waals surface area contributed by atoms with E-state index in [0.717, 1.165) is 49.9 Å². The van der Waals surface area contributed by atoms with E-state index in [-0.39, 0.29) is 48.7 Å². The fourth-order valence-electron chi connectivity index (χ4n) is 10.1. The molecule has 0 amide bonds. The summed E-state index contributed by atoms with van der Waals surface area (Å²) in [5, 5.41) is 1.97. The summed E-state index contributed by atoms with van der Waals surface area (Å²) in [7, 11) is 0. The first-order valence-corrected chi connectivity index (χ1v) is 25.3. The summed E-state index contributed by atoms with van der Waals surface area (Å²) in [6.45, 7) is 20.1. The molecular weight excluding hydrogens is 1170 g/mol. The molecule has 0 saturated carbocycles. The van der Waals surface area contributed by atoms with Gasteiger partial charge in [-0.25, -0.2) is 31.3 Å². The molecule has 10 aromatic rings. The van der Waals surface area contributed by atoms with Crippen molar-refractivity contribution in [2.75, 3.05) is 9.80 Å². The van der Waals surface area contributed by atoms with Crippen molar-refractivity contribution in [2.24, 2.45) is 0 Å². The monoisotopic (exact) mass is 1230 g/mol. The minimum Gasteiger partial charge on any atom is -0.509 e. The Balaban J connectivity index is 0.00000688.